The molecule has 1 aliphatic carbocycles. The van der Waals surface area contributed by atoms with Crippen LogP contribution in [0.1, 0.15) is 12.8 Å². The fourth-order valence-corrected chi connectivity index (χ4v) is 1.81. The molecule has 88 valence electrons. The Morgan fingerprint density at radius 2 is 2.18 bits per heavy atom. The smallest absolute Gasteiger partial charge is 0.155 e. The Morgan fingerprint density at radius 3 is 2.94 bits per heavy atom. The van der Waals surface area contributed by atoms with Crippen molar-refractivity contribution in [3.05, 3.63) is 29.4 Å². The normalized spacial score (nSPS) is 15.2. The maximum absolute atomic E-state index is 13.5. The van der Waals surface area contributed by atoms with E-state index in [-0.39, 0.29) is 5.15 Å². The highest BCUT2D eigenvalue weighted by atomic mass is 35.5. The molecular weight excluding hydrogens is 243 g/mol. The average molecular weight is 253 g/mol. The van der Waals surface area contributed by atoms with Crippen molar-refractivity contribution in [3.8, 4) is 5.75 Å². The Bertz CT molecular complexity index is 572. The first-order chi connectivity index (χ1) is 8.24. The monoisotopic (exact) mass is 252 g/mol. The van der Waals surface area contributed by atoms with Crippen molar-refractivity contribution in [2.75, 3.05) is 6.61 Å². The third-order valence-electron chi connectivity index (χ3n) is 2.79. The number of pyridine rings is 2. The predicted molar refractivity (Wildman–Crippen MR) is 62.7 cm³/mol. The minimum absolute atomic E-state index is 0.204. The highest BCUT2D eigenvalue weighted by Gasteiger charge is 2.22. The maximum Gasteiger partial charge on any atom is 0.155 e. The third kappa shape index (κ3) is 2.17. The molecule has 0 saturated heterocycles. The Balaban J connectivity index is 1.96. The van der Waals surface area contributed by atoms with E-state index >= 15 is 0 Å². The van der Waals surface area contributed by atoms with Crippen LogP contribution in [-0.2, 0) is 0 Å². The quantitative estimate of drug-likeness (QED) is 0.787. The van der Waals surface area contributed by atoms with Gasteiger partial charge in [-0.25, -0.2) is 14.4 Å². The summed E-state index contributed by atoms with van der Waals surface area (Å²) in [6.45, 7) is 0.674. The van der Waals surface area contributed by atoms with Gasteiger partial charge in [0.1, 0.15) is 11.3 Å². The number of halogens is 2. The van der Waals surface area contributed by atoms with Crippen molar-refractivity contribution < 1.29 is 9.13 Å². The molecule has 0 radical (unpaired) electrons. The van der Waals surface area contributed by atoms with Crippen LogP contribution in [0.2, 0.25) is 5.15 Å². The van der Waals surface area contributed by atoms with Crippen LogP contribution in [0.3, 0.4) is 0 Å². The Morgan fingerprint density at radius 1 is 1.35 bits per heavy atom. The minimum Gasteiger partial charge on any atom is -0.492 e. The predicted octanol–water partition coefficient (Wildman–Crippen LogP) is 3.21. The lowest BCUT2D eigenvalue weighted by molar-refractivity contribution is 0.299. The molecule has 3 nitrogen and oxygen atoms in total. The molecule has 1 fully saturated rings. The summed E-state index contributed by atoms with van der Waals surface area (Å²) in [5.41, 5.74) is 0.366. The third-order valence-corrected chi connectivity index (χ3v) is 3.07. The van der Waals surface area contributed by atoms with Gasteiger partial charge >= 0.3 is 0 Å². The van der Waals surface area contributed by atoms with E-state index in [1.807, 2.05) is 0 Å². The largest absolute Gasteiger partial charge is 0.492 e. The number of rotatable bonds is 3. The lowest BCUT2D eigenvalue weighted by atomic mass is 10.2. The number of aromatic nitrogens is 2. The molecule has 3 rings (SSSR count). The number of ether oxygens (including phenoxy) is 1. The molecule has 2 aromatic heterocycles. The lowest BCUT2D eigenvalue weighted by Crippen LogP contribution is -1.99. The first-order valence-corrected chi connectivity index (χ1v) is 5.84. The number of nitrogens with zero attached hydrogens (tertiary/aromatic N) is 2. The zero-order chi connectivity index (χ0) is 11.8. The van der Waals surface area contributed by atoms with Gasteiger partial charge in [-0.1, -0.05) is 11.6 Å². The molecule has 1 saturated carbocycles. The molecule has 0 amide bonds. The first kappa shape index (κ1) is 10.7. The van der Waals surface area contributed by atoms with Gasteiger partial charge in [0.05, 0.1) is 19.0 Å². The van der Waals surface area contributed by atoms with E-state index in [0.717, 1.165) is 6.20 Å². The molecule has 0 unspecified atom stereocenters. The second-order valence-corrected chi connectivity index (χ2v) is 4.58. The van der Waals surface area contributed by atoms with Gasteiger partial charge in [-0.05, 0) is 24.8 Å². The van der Waals surface area contributed by atoms with Gasteiger partial charge in [-0.2, -0.15) is 0 Å². The van der Waals surface area contributed by atoms with Gasteiger partial charge in [-0.15, -0.1) is 0 Å². The Kier molecular flexibility index (Phi) is 2.59. The minimum atomic E-state index is -0.436. The molecule has 5 heteroatoms. The second-order valence-electron chi connectivity index (χ2n) is 4.22. The average Bonchev–Trinajstić information content (AvgIpc) is 3.15. The van der Waals surface area contributed by atoms with Crippen molar-refractivity contribution in [1.29, 1.82) is 0 Å². The van der Waals surface area contributed by atoms with Gasteiger partial charge in [0.15, 0.2) is 11.0 Å². The SMILES string of the molecule is Fc1cnc(Cl)c2ncc(OCC3CC3)cc12. The van der Waals surface area contributed by atoms with Gasteiger partial charge in [0.25, 0.3) is 0 Å². The number of hydrogen-bond acceptors (Lipinski definition) is 3. The van der Waals surface area contributed by atoms with Crippen LogP contribution in [-0.4, -0.2) is 16.6 Å². The molecule has 2 aromatic rings. The van der Waals surface area contributed by atoms with Crippen molar-refractivity contribution >= 4 is 22.5 Å². The summed E-state index contributed by atoms with van der Waals surface area (Å²) in [4.78, 5) is 7.79. The van der Waals surface area contributed by atoms with E-state index in [9.17, 15) is 4.39 Å². The van der Waals surface area contributed by atoms with Gasteiger partial charge in [0.2, 0.25) is 0 Å². The Hall–Kier alpha value is -1.42. The van der Waals surface area contributed by atoms with Crippen molar-refractivity contribution in [2.24, 2.45) is 5.92 Å². The molecule has 17 heavy (non-hydrogen) atoms. The van der Waals surface area contributed by atoms with E-state index in [4.69, 9.17) is 16.3 Å². The van der Waals surface area contributed by atoms with Crippen molar-refractivity contribution in [1.82, 2.24) is 9.97 Å². The molecule has 0 atom stereocenters. The molecule has 0 aromatic carbocycles. The first-order valence-electron chi connectivity index (χ1n) is 5.46. The highest BCUT2D eigenvalue weighted by Crippen LogP contribution is 2.30. The molecule has 0 bridgehead atoms. The van der Waals surface area contributed by atoms with Crippen LogP contribution >= 0.6 is 11.6 Å². The molecule has 1 aliphatic rings. The lowest BCUT2D eigenvalue weighted by Gasteiger charge is -2.06. The maximum atomic E-state index is 13.5. The topological polar surface area (TPSA) is 35.0 Å². The number of hydrogen-bond donors (Lipinski definition) is 0. The summed E-state index contributed by atoms with van der Waals surface area (Å²) >= 11 is 5.84. The van der Waals surface area contributed by atoms with E-state index in [1.54, 1.807) is 12.3 Å². The van der Waals surface area contributed by atoms with Gasteiger partial charge in [0, 0.05) is 5.39 Å². The van der Waals surface area contributed by atoms with Crippen LogP contribution in [0.25, 0.3) is 10.9 Å². The standard InChI is InChI=1S/C12H10ClFN2O/c13-12-11-9(10(14)5-16-12)3-8(4-15-11)17-6-7-1-2-7/h3-5,7H,1-2,6H2. The molecule has 2 heterocycles. The van der Waals surface area contributed by atoms with Crippen molar-refractivity contribution in [2.45, 2.75) is 12.8 Å². The summed E-state index contributed by atoms with van der Waals surface area (Å²) in [5.74, 6) is 0.788. The highest BCUT2D eigenvalue weighted by molar-refractivity contribution is 6.33. The van der Waals surface area contributed by atoms with E-state index < -0.39 is 5.82 Å². The summed E-state index contributed by atoms with van der Waals surface area (Å²) in [7, 11) is 0. The van der Waals surface area contributed by atoms with E-state index in [1.165, 1.54) is 12.8 Å². The van der Waals surface area contributed by atoms with Gasteiger partial charge < -0.3 is 4.74 Å². The van der Waals surface area contributed by atoms with Crippen LogP contribution < -0.4 is 4.74 Å². The van der Waals surface area contributed by atoms with Crippen LogP contribution in [0.5, 0.6) is 5.75 Å². The fourth-order valence-electron chi connectivity index (χ4n) is 1.61. The molecule has 0 spiro atoms. The van der Waals surface area contributed by atoms with Crippen LogP contribution in [0, 0.1) is 11.7 Å². The molecule has 0 aliphatic heterocycles. The second kappa shape index (κ2) is 4.11. The summed E-state index contributed by atoms with van der Waals surface area (Å²) in [6, 6.07) is 1.62. The van der Waals surface area contributed by atoms with Crippen LogP contribution in [0.15, 0.2) is 18.5 Å². The zero-order valence-corrected chi connectivity index (χ0v) is 9.75. The summed E-state index contributed by atoms with van der Waals surface area (Å²) in [6.07, 6.45) is 5.07. The Labute approximate surface area is 103 Å². The molecular formula is C12H10ClFN2O. The van der Waals surface area contributed by atoms with Crippen LogP contribution in [0.4, 0.5) is 4.39 Å². The van der Waals surface area contributed by atoms with E-state index in [2.05, 4.69) is 9.97 Å². The summed E-state index contributed by atoms with van der Waals surface area (Å²) in [5, 5.41) is 0.549. The summed E-state index contributed by atoms with van der Waals surface area (Å²) < 4.78 is 19.1. The zero-order valence-electron chi connectivity index (χ0n) is 8.99. The fraction of sp³-hybridized carbons (Fsp3) is 0.333. The van der Waals surface area contributed by atoms with Gasteiger partial charge in [-0.3, -0.25) is 0 Å². The van der Waals surface area contributed by atoms with E-state index in [0.29, 0.717) is 29.2 Å². The van der Waals surface area contributed by atoms with Crippen molar-refractivity contribution in [3.63, 3.8) is 0 Å². The molecule has 0 N–H and O–H groups in total. The number of fused-ring (bicyclic) bond motifs is 1.